The summed E-state index contributed by atoms with van der Waals surface area (Å²) < 4.78 is 0. The lowest BCUT2D eigenvalue weighted by molar-refractivity contribution is -0.390. The first kappa shape index (κ1) is 26.3. The Kier molecular flexibility index (Phi) is 13.6. The van der Waals surface area contributed by atoms with Crippen molar-refractivity contribution in [2.45, 2.75) is 84.5 Å². The molecule has 1 heterocycles. The minimum atomic E-state index is -0.857. The van der Waals surface area contributed by atoms with Crippen LogP contribution in [0.15, 0.2) is 36.5 Å². The van der Waals surface area contributed by atoms with Crippen molar-refractivity contribution in [2.75, 3.05) is 0 Å². The van der Waals surface area contributed by atoms with Gasteiger partial charge in [0, 0.05) is 6.92 Å². The molecule has 0 amide bonds. The van der Waals surface area contributed by atoms with Crippen LogP contribution in [0.25, 0.3) is 0 Å². The number of allylic oxidation sites excluding steroid dienone is 6. The summed E-state index contributed by atoms with van der Waals surface area (Å²) in [6.45, 7) is 3.86. The van der Waals surface area contributed by atoms with Crippen LogP contribution < -0.4 is 0 Å². The van der Waals surface area contributed by atoms with Crippen molar-refractivity contribution in [3.05, 3.63) is 58.1 Å². The van der Waals surface area contributed by atoms with Crippen LogP contribution in [-0.4, -0.2) is 26.0 Å². The summed E-state index contributed by atoms with van der Waals surface area (Å²) in [6, 6.07) is 0. The van der Waals surface area contributed by atoms with Crippen LogP contribution in [0.4, 0.5) is 5.82 Å². The third-order valence-corrected chi connectivity index (χ3v) is 5.08. The highest BCUT2D eigenvalue weighted by Gasteiger charge is 2.22. The highest BCUT2D eigenvalue weighted by molar-refractivity contribution is 5.69. The molecule has 0 aliphatic rings. The zero-order valence-electron chi connectivity index (χ0n) is 18.9. The lowest BCUT2D eigenvalue weighted by atomic mass is 9.96. The summed E-state index contributed by atoms with van der Waals surface area (Å²) in [6.07, 6.45) is 22.6. The average molecular weight is 432 g/mol. The minimum absolute atomic E-state index is 0.135. The number of aliphatic carboxylic acids is 1. The highest BCUT2D eigenvalue weighted by atomic mass is 16.6. The fraction of sp³-hybridized carbons (Fsp3) is 0.583. The molecule has 1 unspecified atom stereocenters. The van der Waals surface area contributed by atoms with E-state index in [1.807, 2.05) is 0 Å². The van der Waals surface area contributed by atoms with E-state index >= 15 is 0 Å². The molecule has 7 nitrogen and oxygen atoms in total. The second kappa shape index (κ2) is 16.1. The molecule has 0 saturated carbocycles. The Morgan fingerprint density at radius 2 is 1.68 bits per heavy atom. The maximum Gasteiger partial charge on any atom is 0.343 e. The number of carbonyl (C=O) groups is 1. The Bertz CT molecular complexity index is 750. The molecule has 1 atom stereocenters. The van der Waals surface area contributed by atoms with Crippen molar-refractivity contribution in [1.29, 1.82) is 0 Å². The van der Waals surface area contributed by atoms with Crippen LogP contribution in [0.2, 0.25) is 0 Å². The van der Waals surface area contributed by atoms with Gasteiger partial charge in [-0.3, -0.25) is 4.79 Å². The highest BCUT2D eigenvalue weighted by Crippen LogP contribution is 2.21. The van der Waals surface area contributed by atoms with Gasteiger partial charge in [-0.05, 0) is 62.7 Å². The van der Waals surface area contributed by atoms with E-state index < -0.39 is 16.8 Å². The quantitative estimate of drug-likeness (QED) is 0.127. The number of nitro groups is 1. The van der Waals surface area contributed by atoms with Crippen molar-refractivity contribution >= 4 is 11.8 Å². The number of rotatable bonds is 17. The lowest BCUT2D eigenvalue weighted by Crippen LogP contribution is -2.15. The maximum absolute atomic E-state index is 11.5. The van der Waals surface area contributed by atoms with Crippen LogP contribution in [0, 0.1) is 23.0 Å². The summed E-state index contributed by atoms with van der Waals surface area (Å²) >= 11 is 0. The molecule has 0 saturated heterocycles. The van der Waals surface area contributed by atoms with Crippen LogP contribution in [0.1, 0.15) is 82.7 Å². The molecular formula is C24H37N3O4. The van der Waals surface area contributed by atoms with Crippen molar-refractivity contribution in [2.24, 2.45) is 5.92 Å². The van der Waals surface area contributed by atoms with E-state index in [2.05, 4.69) is 53.3 Å². The Labute approximate surface area is 185 Å². The predicted octanol–water partition coefficient (Wildman–Crippen LogP) is 6.46. The summed E-state index contributed by atoms with van der Waals surface area (Å²) in [5.41, 5.74) is 0.330. The van der Waals surface area contributed by atoms with E-state index in [1.165, 1.54) is 19.3 Å². The van der Waals surface area contributed by atoms with Crippen molar-refractivity contribution in [3.8, 4) is 0 Å². The van der Waals surface area contributed by atoms with Gasteiger partial charge in [-0.25, -0.2) is 9.97 Å². The number of H-pyrrole nitrogens is 1. The number of aryl methyl sites for hydroxylation is 2. The van der Waals surface area contributed by atoms with Gasteiger partial charge >= 0.3 is 11.8 Å². The fourth-order valence-corrected chi connectivity index (χ4v) is 3.33. The first-order valence-corrected chi connectivity index (χ1v) is 11.3. The van der Waals surface area contributed by atoms with E-state index in [9.17, 15) is 20.0 Å². The Morgan fingerprint density at radius 3 is 2.26 bits per heavy atom. The third-order valence-electron chi connectivity index (χ3n) is 5.08. The normalized spacial score (nSPS) is 13.0. The predicted molar refractivity (Wildman–Crippen MR) is 124 cm³/mol. The molecule has 0 aliphatic carbocycles. The van der Waals surface area contributed by atoms with Crippen LogP contribution in [-0.2, 0) is 11.2 Å². The second-order valence-corrected chi connectivity index (χ2v) is 7.76. The molecule has 172 valence electrons. The summed E-state index contributed by atoms with van der Waals surface area (Å²) in [7, 11) is 0. The molecule has 1 aromatic heterocycles. The number of imidazole rings is 1. The number of carboxylic acids is 1. The Morgan fingerprint density at radius 1 is 1.06 bits per heavy atom. The van der Waals surface area contributed by atoms with Gasteiger partial charge < -0.3 is 15.2 Å². The maximum atomic E-state index is 11.5. The van der Waals surface area contributed by atoms with Crippen LogP contribution >= 0.6 is 0 Å². The molecule has 1 aromatic rings. The molecule has 0 fully saturated rings. The van der Waals surface area contributed by atoms with E-state index in [0.29, 0.717) is 24.4 Å². The van der Waals surface area contributed by atoms with Gasteiger partial charge in [-0.1, -0.05) is 56.2 Å². The topological polar surface area (TPSA) is 109 Å². The number of unbranched alkanes of at least 4 members (excludes halogenated alkanes) is 4. The van der Waals surface area contributed by atoms with Gasteiger partial charge in [0.15, 0.2) is 5.82 Å². The van der Waals surface area contributed by atoms with E-state index in [1.54, 1.807) is 6.92 Å². The molecule has 2 N–H and O–H groups in total. The molecule has 31 heavy (non-hydrogen) atoms. The van der Waals surface area contributed by atoms with Gasteiger partial charge in [0.1, 0.15) is 5.69 Å². The van der Waals surface area contributed by atoms with Crippen LogP contribution in [0.5, 0.6) is 0 Å². The van der Waals surface area contributed by atoms with E-state index in [4.69, 9.17) is 0 Å². The van der Waals surface area contributed by atoms with Gasteiger partial charge in [0.05, 0.1) is 5.92 Å². The van der Waals surface area contributed by atoms with Crippen molar-refractivity contribution < 1.29 is 14.8 Å². The molecule has 0 aliphatic heterocycles. The Hall–Kier alpha value is -2.70. The molecule has 0 radical (unpaired) electrons. The number of nitrogens with one attached hydrogen (secondary N) is 1. The number of aromatic amines is 1. The number of nitrogens with zero attached hydrogens (tertiary/aromatic N) is 2. The minimum Gasteiger partial charge on any atom is -0.481 e. The first-order chi connectivity index (χ1) is 15.0. The van der Waals surface area contributed by atoms with Gasteiger partial charge in [-0.15, -0.1) is 0 Å². The first-order valence-electron chi connectivity index (χ1n) is 11.3. The summed E-state index contributed by atoms with van der Waals surface area (Å²) in [5, 5.41) is 20.5. The lowest BCUT2D eigenvalue weighted by Gasteiger charge is -2.10. The second-order valence-electron chi connectivity index (χ2n) is 7.76. The summed E-state index contributed by atoms with van der Waals surface area (Å²) in [4.78, 5) is 28.8. The van der Waals surface area contributed by atoms with Crippen LogP contribution in [0.3, 0.4) is 0 Å². The molecular weight excluding hydrogens is 394 g/mol. The number of hydrogen-bond acceptors (Lipinski definition) is 4. The Balaban J connectivity index is 2.24. The van der Waals surface area contributed by atoms with E-state index in [-0.39, 0.29) is 12.2 Å². The summed E-state index contributed by atoms with van der Waals surface area (Å²) in [5.74, 6) is -1.04. The zero-order valence-corrected chi connectivity index (χ0v) is 18.9. The smallest absolute Gasteiger partial charge is 0.343 e. The van der Waals surface area contributed by atoms with Gasteiger partial charge in [0.25, 0.3) is 0 Å². The standard InChI is InChI=1S/C24H37N3O4/c1-3-4-5-6-7-8-9-10-11-12-13-14-15-16-17-21(24(28)29)18-19-22-23(27(30)31)26-20(2)25-22/h7-8,10-11,13-14,21H,3-6,9,12,15-19H2,1-2H3,(H,25,26)(H,28,29). The van der Waals surface area contributed by atoms with Crippen molar-refractivity contribution in [1.82, 2.24) is 9.97 Å². The molecule has 7 heteroatoms. The SMILES string of the molecule is CCCCCC=CCC=CCC=CCCCC(CCc1nc(C)[nH]c1[N+](=O)[O-])C(=O)O. The number of carboxylic acid groups (broad SMARTS) is 1. The largest absolute Gasteiger partial charge is 0.481 e. The monoisotopic (exact) mass is 431 g/mol. The van der Waals surface area contributed by atoms with E-state index in [0.717, 1.165) is 32.1 Å². The fourth-order valence-electron chi connectivity index (χ4n) is 3.33. The third kappa shape index (κ3) is 11.9. The molecule has 0 spiro atoms. The molecule has 1 rings (SSSR count). The van der Waals surface area contributed by atoms with Gasteiger partial charge in [0.2, 0.25) is 0 Å². The van der Waals surface area contributed by atoms with Gasteiger partial charge in [-0.2, -0.15) is 0 Å². The number of aromatic nitrogens is 2. The zero-order chi connectivity index (χ0) is 22.9. The number of hydrogen-bond donors (Lipinski definition) is 2. The average Bonchev–Trinajstić information content (AvgIpc) is 3.11. The molecule has 0 aromatic carbocycles. The van der Waals surface area contributed by atoms with Crippen molar-refractivity contribution in [3.63, 3.8) is 0 Å². The molecule has 0 bridgehead atoms.